The normalized spacial score (nSPS) is 11.0. The highest BCUT2D eigenvalue weighted by molar-refractivity contribution is 5.82. The molecule has 0 fully saturated rings. The molecule has 2 aromatic heterocycles. The van der Waals surface area contributed by atoms with Gasteiger partial charge in [-0.15, -0.1) is 0 Å². The molecule has 2 heterocycles. The van der Waals surface area contributed by atoms with E-state index in [4.69, 9.17) is 5.73 Å². The van der Waals surface area contributed by atoms with Crippen LogP contribution in [0, 0.1) is 13.8 Å². The van der Waals surface area contributed by atoms with Crippen LogP contribution in [0.25, 0.3) is 11.2 Å². The molecular weight excluding hydrogens is 166 g/mol. The number of imidazole rings is 1. The Balaban J connectivity index is 2.94. The van der Waals surface area contributed by atoms with E-state index in [1.54, 1.807) is 6.92 Å². The van der Waals surface area contributed by atoms with Gasteiger partial charge in [-0.1, -0.05) is 0 Å². The van der Waals surface area contributed by atoms with Crippen LogP contribution in [0.4, 0.5) is 5.82 Å². The molecule has 0 aliphatic heterocycles. The highest BCUT2D eigenvalue weighted by Crippen LogP contribution is 2.17. The van der Waals surface area contributed by atoms with E-state index in [-0.39, 0.29) is 0 Å². The molecule has 0 radical (unpaired) electrons. The SMILES string of the molecule is Cc1nc(N)c2c(n1)nc(C)n2C. The van der Waals surface area contributed by atoms with E-state index in [1.807, 2.05) is 18.5 Å². The first-order chi connectivity index (χ1) is 6.09. The summed E-state index contributed by atoms with van der Waals surface area (Å²) in [5, 5.41) is 0. The van der Waals surface area contributed by atoms with Gasteiger partial charge in [0.2, 0.25) is 0 Å². The van der Waals surface area contributed by atoms with Crippen molar-refractivity contribution in [3.05, 3.63) is 11.6 Å². The molecule has 68 valence electrons. The van der Waals surface area contributed by atoms with Crippen LogP contribution >= 0.6 is 0 Å². The average Bonchev–Trinajstić information content (AvgIpc) is 2.27. The van der Waals surface area contributed by atoms with Gasteiger partial charge in [-0.3, -0.25) is 0 Å². The minimum Gasteiger partial charge on any atom is -0.382 e. The molecule has 0 aliphatic carbocycles. The Morgan fingerprint density at radius 1 is 1.15 bits per heavy atom. The molecule has 5 nitrogen and oxygen atoms in total. The summed E-state index contributed by atoms with van der Waals surface area (Å²) in [4.78, 5) is 12.5. The van der Waals surface area contributed by atoms with Crippen LogP contribution in [0.15, 0.2) is 0 Å². The fourth-order valence-corrected chi connectivity index (χ4v) is 1.36. The number of fused-ring (bicyclic) bond motifs is 1. The van der Waals surface area contributed by atoms with Crippen LogP contribution in [0.5, 0.6) is 0 Å². The lowest BCUT2D eigenvalue weighted by Crippen LogP contribution is -2.00. The van der Waals surface area contributed by atoms with E-state index in [0.29, 0.717) is 17.3 Å². The van der Waals surface area contributed by atoms with Crippen molar-refractivity contribution in [3.8, 4) is 0 Å². The van der Waals surface area contributed by atoms with Gasteiger partial charge in [0.05, 0.1) is 0 Å². The number of nitrogens with two attached hydrogens (primary N) is 1. The number of hydrogen-bond donors (Lipinski definition) is 1. The minimum absolute atomic E-state index is 0.491. The fraction of sp³-hybridized carbons (Fsp3) is 0.375. The van der Waals surface area contributed by atoms with Crippen molar-refractivity contribution in [2.75, 3.05) is 5.73 Å². The Labute approximate surface area is 75.6 Å². The Morgan fingerprint density at radius 3 is 2.54 bits per heavy atom. The van der Waals surface area contributed by atoms with Crippen LogP contribution < -0.4 is 5.73 Å². The number of hydrogen-bond acceptors (Lipinski definition) is 4. The number of nitrogens with zero attached hydrogens (tertiary/aromatic N) is 4. The molecule has 2 aromatic rings. The molecule has 2 N–H and O–H groups in total. The number of anilines is 1. The van der Waals surface area contributed by atoms with Crippen LogP contribution in [-0.2, 0) is 7.05 Å². The standard InChI is InChI=1S/C8H11N5/c1-4-10-7(9)6-8(11-4)12-5(2)13(6)3/h1-3H3,(H2,9,10,11). The zero-order chi connectivity index (χ0) is 9.59. The average molecular weight is 177 g/mol. The third-order valence-electron chi connectivity index (χ3n) is 2.09. The van der Waals surface area contributed by atoms with Crippen molar-refractivity contribution in [2.45, 2.75) is 13.8 Å². The summed E-state index contributed by atoms with van der Waals surface area (Å²) < 4.78 is 1.89. The van der Waals surface area contributed by atoms with Crippen LogP contribution in [0.1, 0.15) is 11.6 Å². The topological polar surface area (TPSA) is 69.6 Å². The van der Waals surface area contributed by atoms with Crippen molar-refractivity contribution < 1.29 is 0 Å². The summed E-state index contributed by atoms with van der Waals surface area (Å²) in [6.45, 7) is 3.72. The summed E-state index contributed by atoms with van der Waals surface area (Å²) in [6, 6.07) is 0. The van der Waals surface area contributed by atoms with E-state index >= 15 is 0 Å². The summed E-state index contributed by atoms with van der Waals surface area (Å²) >= 11 is 0. The summed E-state index contributed by atoms with van der Waals surface area (Å²) in [5.74, 6) is 2.04. The molecule has 0 saturated heterocycles. The molecule has 5 heteroatoms. The molecule has 13 heavy (non-hydrogen) atoms. The van der Waals surface area contributed by atoms with E-state index < -0.39 is 0 Å². The Kier molecular flexibility index (Phi) is 1.48. The van der Waals surface area contributed by atoms with Gasteiger partial charge in [-0.25, -0.2) is 15.0 Å². The summed E-state index contributed by atoms with van der Waals surface area (Å²) in [7, 11) is 1.90. The first-order valence-corrected chi connectivity index (χ1v) is 4.02. The van der Waals surface area contributed by atoms with Gasteiger partial charge in [0, 0.05) is 7.05 Å². The van der Waals surface area contributed by atoms with Gasteiger partial charge in [-0.05, 0) is 13.8 Å². The predicted molar refractivity (Wildman–Crippen MR) is 50.2 cm³/mol. The Bertz CT molecular complexity index is 471. The van der Waals surface area contributed by atoms with Crippen LogP contribution in [0.3, 0.4) is 0 Å². The zero-order valence-corrected chi connectivity index (χ0v) is 7.87. The number of aromatic nitrogens is 4. The van der Waals surface area contributed by atoms with E-state index in [9.17, 15) is 0 Å². The molecule has 0 amide bonds. The lowest BCUT2D eigenvalue weighted by Gasteiger charge is -1.99. The van der Waals surface area contributed by atoms with Crippen molar-refractivity contribution in [1.82, 2.24) is 19.5 Å². The van der Waals surface area contributed by atoms with Crippen molar-refractivity contribution >= 4 is 17.0 Å². The molecule has 0 saturated carbocycles. The maximum absolute atomic E-state index is 5.76. The van der Waals surface area contributed by atoms with E-state index in [2.05, 4.69) is 15.0 Å². The Morgan fingerprint density at radius 2 is 1.85 bits per heavy atom. The predicted octanol–water partition coefficient (Wildman–Crippen LogP) is 0.562. The number of nitrogen functional groups attached to an aromatic ring is 1. The first-order valence-electron chi connectivity index (χ1n) is 4.02. The maximum atomic E-state index is 5.76. The van der Waals surface area contributed by atoms with Crippen molar-refractivity contribution in [1.29, 1.82) is 0 Å². The smallest absolute Gasteiger partial charge is 0.183 e. The number of rotatable bonds is 0. The molecule has 0 atom stereocenters. The molecule has 0 aromatic carbocycles. The monoisotopic (exact) mass is 177 g/mol. The van der Waals surface area contributed by atoms with E-state index in [1.165, 1.54) is 0 Å². The van der Waals surface area contributed by atoms with Crippen LogP contribution in [0.2, 0.25) is 0 Å². The second-order valence-corrected chi connectivity index (χ2v) is 3.05. The van der Waals surface area contributed by atoms with Gasteiger partial charge in [0.15, 0.2) is 11.5 Å². The van der Waals surface area contributed by atoms with E-state index in [0.717, 1.165) is 11.3 Å². The minimum atomic E-state index is 0.491. The first kappa shape index (κ1) is 7.97. The zero-order valence-electron chi connectivity index (χ0n) is 7.87. The molecule has 0 spiro atoms. The Hall–Kier alpha value is -1.65. The molecule has 0 bridgehead atoms. The lowest BCUT2D eigenvalue weighted by molar-refractivity contribution is 0.885. The largest absolute Gasteiger partial charge is 0.382 e. The van der Waals surface area contributed by atoms with Gasteiger partial charge >= 0.3 is 0 Å². The third-order valence-corrected chi connectivity index (χ3v) is 2.09. The molecular formula is C8H11N5. The summed E-state index contributed by atoms with van der Waals surface area (Å²) in [5.41, 5.74) is 7.24. The molecule has 0 unspecified atom stereocenters. The number of aryl methyl sites for hydroxylation is 3. The second-order valence-electron chi connectivity index (χ2n) is 3.05. The van der Waals surface area contributed by atoms with Gasteiger partial charge in [0.25, 0.3) is 0 Å². The maximum Gasteiger partial charge on any atom is 0.183 e. The molecule has 0 aliphatic rings. The van der Waals surface area contributed by atoms with Gasteiger partial charge in [0.1, 0.15) is 17.2 Å². The summed E-state index contributed by atoms with van der Waals surface area (Å²) in [6.07, 6.45) is 0. The quantitative estimate of drug-likeness (QED) is 0.638. The van der Waals surface area contributed by atoms with Crippen molar-refractivity contribution in [2.24, 2.45) is 7.05 Å². The van der Waals surface area contributed by atoms with Crippen molar-refractivity contribution in [3.63, 3.8) is 0 Å². The van der Waals surface area contributed by atoms with Gasteiger partial charge < -0.3 is 10.3 Å². The highest BCUT2D eigenvalue weighted by atomic mass is 15.1. The lowest BCUT2D eigenvalue weighted by atomic mass is 10.4. The molecule has 2 rings (SSSR count). The van der Waals surface area contributed by atoms with Gasteiger partial charge in [-0.2, -0.15) is 0 Å². The second kappa shape index (κ2) is 2.42. The highest BCUT2D eigenvalue weighted by Gasteiger charge is 2.09. The van der Waals surface area contributed by atoms with Crippen LogP contribution in [-0.4, -0.2) is 19.5 Å². The third kappa shape index (κ3) is 1.04. The fourth-order valence-electron chi connectivity index (χ4n) is 1.36.